The number of hydrogen-bond donors (Lipinski definition) is 0. The summed E-state index contributed by atoms with van der Waals surface area (Å²) in [6.45, 7) is 4.11. The Morgan fingerprint density at radius 1 is 1.12 bits per heavy atom. The second-order valence-electron chi connectivity index (χ2n) is 6.13. The molecule has 0 aliphatic heterocycles. The molecule has 2 atom stereocenters. The van der Waals surface area contributed by atoms with Crippen LogP contribution >= 0.6 is 0 Å². The summed E-state index contributed by atoms with van der Waals surface area (Å²) in [6, 6.07) is 12.9. The summed E-state index contributed by atoms with van der Waals surface area (Å²) in [7, 11) is 0. The Hall–Kier alpha value is -2.49. The van der Waals surface area contributed by atoms with Crippen molar-refractivity contribution >= 4 is 5.97 Å². The maximum Gasteiger partial charge on any atom is 0.310 e. The van der Waals surface area contributed by atoms with Gasteiger partial charge in [-0.15, -0.1) is 0 Å². The maximum atomic E-state index is 14.1. The first-order valence-corrected chi connectivity index (χ1v) is 7.86. The van der Waals surface area contributed by atoms with E-state index in [0.717, 1.165) is 17.2 Å². The van der Waals surface area contributed by atoms with Crippen LogP contribution in [0.3, 0.4) is 0 Å². The molecule has 0 radical (unpaired) electrons. The van der Waals surface area contributed by atoms with E-state index >= 15 is 0 Å². The van der Waals surface area contributed by atoms with Crippen molar-refractivity contribution in [2.24, 2.45) is 5.92 Å². The van der Waals surface area contributed by atoms with Gasteiger partial charge in [0.2, 0.25) is 0 Å². The maximum absolute atomic E-state index is 14.1. The van der Waals surface area contributed by atoms with Crippen molar-refractivity contribution in [1.82, 2.24) is 0 Å². The minimum Gasteiger partial charge on any atom is -0.461 e. The summed E-state index contributed by atoms with van der Waals surface area (Å²) in [6.07, 6.45) is 0.975. The molecule has 0 unspecified atom stereocenters. The van der Waals surface area contributed by atoms with Crippen LogP contribution in [0.5, 0.6) is 0 Å². The van der Waals surface area contributed by atoms with Crippen LogP contribution in [0.15, 0.2) is 60.7 Å². The molecule has 0 aromatic heterocycles. The van der Waals surface area contributed by atoms with Crippen molar-refractivity contribution in [2.45, 2.75) is 25.4 Å². The fourth-order valence-corrected chi connectivity index (χ4v) is 3.20. The summed E-state index contributed by atoms with van der Waals surface area (Å²) in [5, 5.41) is 0. The molecule has 0 saturated heterocycles. The van der Waals surface area contributed by atoms with Crippen molar-refractivity contribution in [2.75, 3.05) is 0 Å². The average Bonchev–Trinajstić information content (AvgIpc) is 2.95. The highest BCUT2D eigenvalue weighted by molar-refractivity contribution is 5.75. The standard InChI is InChI=1S/C20H18F2O2/c1-13-9-17(16-8-7-15(21)11-19(16)22)18(10-13)20(23)24-12-14-5-3-2-4-6-14/h2-8,11,17-18H,1,9-10,12H2/t17-,18+/m0/s1. The Morgan fingerprint density at radius 2 is 1.88 bits per heavy atom. The molecule has 3 rings (SSSR count). The van der Waals surface area contributed by atoms with Gasteiger partial charge in [-0.05, 0) is 30.0 Å². The minimum atomic E-state index is -0.629. The van der Waals surface area contributed by atoms with Gasteiger partial charge in [0.15, 0.2) is 0 Å². The van der Waals surface area contributed by atoms with Gasteiger partial charge in [0.25, 0.3) is 0 Å². The van der Waals surface area contributed by atoms with Gasteiger partial charge in [-0.25, -0.2) is 8.78 Å². The molecule has 0 amide bonds. The molecule has 2 aromatic rings. The molecule has 24 heavy (non-hydrogen) atoms. The second kappa shape index (κ2) is 6.95. The Kier molecular flexibility index (Phi) is 4.74. The zero-order valence-electron chi connectivity index (χ0n) is 13.2. The van der Waals surface area contributed by atoms with Gasteiger partial charge in [0, 0.05) is 12.0 Å². The highest BCUT2D eigenvalue weighted by Gasteiger charge is 2.38. The van der Waals surface area contributed by atoms with Gasteiger partial charge in [0.1, 0.15) is 18.2 Å². The van der Waals surface area contributed by atoms with Gasteiger partial charge >= 0.3 is 5.97 Å². The summed E-state index contributed by atoms with van der Waals surface area (Å²) < 4.78 is 32.6. The van der Waals surface area contributed by atoms with Crippen molar-refractivity contribution < 1.29 is 18.3 Å². The lowest BCUT2D eigenvalue weighted by atomic mass is 9.88. The Bertz CT molecular complexity index is 755. The quantitative estimate of drug-likeness (QED) is 0.597. The summed E-state index contributed by atoms with van der Waals surface area (Å²) in [4.78, 5) is 12.5. The molecular formula is C20H18F2O2. The van der Waals surface area contributed by atoms with E-state index in [4.69, 9.17) is 4.74 Å². The van der Waals surface area contributed by atoms with Crippen LogP contribution in [0, 0.1) is 17.6 Å². The van der Waals surface area contributed by atoms with Gasteiger partial charge in [-0.1, -0.05) is 48.6 Å². The number of allylic oxidation sites excluding steroid dienone is 1. The van der Waals surface area contributed by atoms with Crippen LogP contribution in [0.1, 0.15) is 29.9 Å². The van der Waals surface area contributed by atoms with E-state index in [-0.39, 0.29) is 18.5 Å². The number of ether oxygens (including phenoxy) is 1. The fraction of sp³-hybridized carbons (Fsp3) is 0.250. The topological polar surface area (TPSA) is 26.3 Å². The van der Waals surface area contributed by atoms with Crippen LogP contribution in [-0.2, 0) is 16.1 Å². The number of esters is 1. The molecule has 2 nitrogen and oxygen atoms in total. The molecule has 0 N–H and O–H groups in total. The highest BCUT2D eigenvalue weighted by atomic mass is 19.1. The predicted molar refractivity (Wildman–Crippen MR) is 87.2 cm³/mol. The van der Waals surface area contributed by atoms with Crippen LogP contribution in [0.4, 0.5) is 8.78 Å². The largest absolute Gasteiger partial charge is 0.461 e. The molecule has 1 aliphatic carbocycles. The summed E-state index contributed by atoms with van der Waals surface area (Å²) in [5.41, 5.74) is 2.12. The van der Waals surface area contributed by atoms with Gasteiger partial charge in [-0.3, -0.25) is 4.79 Å². The first-order valence-electron chi connectivity index (χ1n) is 7.86. The monoisotopic (exact) mass is 328 g/mol. The van der Waals surface area contributed by atoms with Crippen LogP contribution in [-0.4, -0.2) is 5.97 Å². The molecule has 0 spiro atoms. The SMILES string of the molecule is C=C1C[C@@H](C(=O)OCc2ccccc2)[C@H](c2ccc(F)cc2F)C1. The molecule has 1 fully saturated rings. The van der Waals surface area contributed by atoms with Gasteiger partial charge in [-0.2, -0.15) is 0 Å². The summed E-state index contributed by atoms with van der Waals surface area (Å²) in [5.74, 6) is -2.47. The number of carbonyl (C=O) groups is 1. The Balaban J connectivity index is 1.75. The number of rotatable bonds is 4. The lowest BCUT2D eigenvalue weighted by Crippen LogP contribution is -2.21. The van der Waals surface area contributed by atoms with E-state index in [0.29, 0.717) is 18.4 Å². The van der Waals surface area contributed by atoms with E-state index in [2.05, 4.69) is 6.58 Å². The third kappa shape index (κ3) is 3.53. The van der Waals surface area contributed by atoms with E-state index < -0.39 is 17.6 Å². The zero-order valence-corrected chi connectivity index (χ0v) is 13.2. The van der Waals surface area contributed by atoms with Crippen LogP contribution in [0.25, 0.3) is 0 Å². The molecule has 0 bridgehead atoms. The molecule has 124 valence electrons. The number of benzene rings is 2. The van der Waals surface area contributed by atoms with Gasteiger partial charge < -0.3 is 4.74 Å². The molecule has 4 heteroatoms. The van der Waals surface area contributed by atoms with Crippen molar-refractivity contribution in [1.29, 1.82) is 0 Å². The first kappa shape index (κ1) is 16.4. The van der Waals surface area contributed by atoms with Crippen molar-refractivity contribution in [3.8, 4) is 0 Å². The van der Waals surface area contributed by atoms with Crippen molar-refractivity contribution in [3.05, 3.63) is 83.4 Å². The number of carbonyl (C=O) groups excluding carboxylic acids is 1. The Labute approximate surface area is 139 Å². The average molecular weight is 328 g/mol. The van der Waals surface area contributed by atoms with E-state index in [9.17, 15) is 13.6 Å². The zero-order chi connectivity index (χ0) is 17.1. The summed E-state index contributed by atoms with van der Waals surface area (Å²) >= 11 is 0. The first-order chi connectivity index (χ1) is 11.5. The third-order valence-electron chi connectivity index (χ3n) is 4.39. The van der Waals surface area contributed by atoms with E-state index in [1.807, 2.05) is 30.3 Å². The Morgan fingerprint density at radius 3 is 2.58 bits per heavy atom. The normalized spacial score (nSPS) is 20.2. The highest BCUT2D eigenvalue weighted by Crippen LogP contribution is 2.43. The molecular weight excluding hydrogens is 310 g/mol. The van der Waals surface area contributed by atoms with Crippen LogP contribution < -0.4 is 0 Å². The minimum absolute atomic E-state index is 0.182. The van der Waals surface area contributed by atoms with E-state index in [1.54, 1.807) is 0 Å². The molecule has 0 heterocycles. The molecule has 1 saturated carbocycles. The lowest BCUT2D eigenvalue weighted by molar-refractivity contribution is -0.150. The van der Waals surface area contributed by atoms with Crippen LogP contribution in [0.2, 0.25) is 0 Å². The number of hydrogen-bond acceptors (Lipinski definition) is 2. The third-order valence-corrected chi connectivity index (χ3v) is 4.39. The fourth-order valence-electron chi connectivity index (χ4n) is 3.20. The molecule has 2 aromatic carbocycles. The van der Waals surface area contributed by atoms with Crippen molar-refractivity contribution in [3.63, 3.8) is 0 Å². The second-order valence-corrected chi connectivity index (χ2v) is 6.13. The molecule has 1 aliphatic rings. The van der Waals surface area contributed by atoms with Gasteiger partial charge in [0.05, 0.1) is 5.92 Å². The smallest absolute Gasteiger partial charge is 0.310 e. The number of halogens is 2. The predicted octanol–water partition coefficient (Wildman–Crippen LogP) is 4.76. The van der Waals surface area contributed by atoms with E-state index in [1.165, 1.54) is 12.1 Å². The lowest BCUT2D eigenvalue weighted by Gasteiger charge is -2.19.